The van der Waals surface area contributed by atoms with E-state index >= 15 is 0 Å². The molecular formula is C20H20BrCl2N3O2S. The van der Waals surface area contributed by atoms with Crippen molar-refractivity contribution in [2.45, 2.75) is 37.6 Å². The molecule has 0 aliphatic heterocycles. The highest BCUT2D eigenvalue weighted by atomic mass is 79.9. The van der Waals surface area contributed by atoms with Gasteiger partial charge < -0.3 is 0 Å². The number of benzene rings is 2. The van der Waals surface area contributed by atoms with Crippen molar-refractivity contribution in [2.24, 2.45) is 0 Å². The number of halogens is 3. The molecule has 0 bridgehead atoms. The normalized spacial score (nSPS) is 12.2. The Morgan fingerprint density at radius 1 is 1.10 bits per heavy atom. The molecule has 1 aromatic heterocycles. The van der Waals surface area contributed by atoms with E-state index in [1.807, 2.05) is 12.1 Å². The SMILES string of the molecule is CC(C)(C)c1ccc(S(=O)(=O)Nc2nn(Cc3ccc(Cl)cc3Cl)cc2Br)cc1. The molecule has 154 valence electrons. The Bertz CT molecular complexity index is 1140. The minimum Gasteiger partial charge on any atom is -0.265 e. The van der Waals surface area contributed by atoms with Gasteiger partial charge in [-0.1, -0.05) is 62.2 Å². The molecular weight excluding hydrogens is 497 g/mol. The minimum atomic E-state index is -3.77. The predicted octanol–water partition coefficient (Wildman–Crippen LogP) is 6.10. The number of hydrogen-bond donors (Lipinski definition) is 1. The van der Waals surface area contributed by atoms with Crippen LogP contribution in [0.1, 0.15) is 31.9 Å². The molecule has 2 aromatic carbocycles. The number of nitrogens with one attached hydrogen (secondary N) is 1. The standard InChI is InChI=1S/C20H20BrCl2N3O2S/c1-20(2,3)14-5-8-16(9-6-14)29(27,28)25-19-17(21)12-26(24-19)11-13-4-7-15(22)10-18(13)23/h4-10,12H,11H2,1-3H3,(H,24,25). The molecule has 0 aliphatic rings. The highest BCUT2D eigenvalue weighted by molar-refractivity contribution is 9.10. The molecule has 1 heterocycles. The van der Waals surface area contributed by atoms with Crippen molar-refractivity contribution < 1.29 is 8.42 Å². The van der Waals surface area contributed by atoms with Gasteiger partial charge in [0, 0.05) is 16.2 Å². The average molecular weight is 517 g/mol. The lowest BCUT2D eigenvalue weighted by Gasteiger charge is -2.19. The molecule has 3 rings (SSSR count). The van der Waals surface area contributed by atoms with Gasteiger partial charge in [0.1, 0.15) is 0 Å². The molecule has 3 aromatic rings. The van der Waals surface area contributed by atoms with Crippen molar-refractivity contribution in [3.8, 4) is 0 Å². The summed E-state index contributed by atoms with van der Waals surface area (Å²) in [5.74, 6) is 0.204. The molecule has 29 heavy (non-hydrogen) atoms. The Kier molecular flexibility index (Phi) is 6.34. The van der Waals surface area contributed by atoms with Crippen LogP contribution in [0, 0.1) is 0 Å². The van der Waals surface area contributed by atoms with Gasteiger partial charge in [0.15, 0.2) is 5.82 Å². The third kappa shape index (κ3) is 5.34. The third-order valence-corrected chi connectivity index (χ3v) is 6.85. The van der Waals surface area contributed by atoms with Gasteiger partial charge in [-0.2, -0.15) is 5.10 Å². The van der Waals surface area contributed by atoms with Crippen LogP contribution >= 0.6 is 39.1 Å². The van der Waals surface area contributed by atoms with Crippen molar-refractivity contribution in [1.29, 1.82) is 0 Å². The maximum Gasteiger partial charge on any atom is 0.263 e. The lowest BCUT2D eigenvalue weighted by atomic mass is 9.87. The fourth-order valence-corrected chi connectivity index (χ4v) is 4.72. The molecule has 9 heteroatoms. The smallest absolute Gasteiger partial charge is 0.263 e. The first-order valence-electron chi connectivity index (χ1n) is 8.76. The molecule has 0 atom stereocenters. The number of sulfonamides is 1. The fraction of sp³-hybridized carbons (Fsp3) is 0.250. The summed E-state index contributed by atoms with van der Waals surface area (Å²) in [6.45, 7) is 6.60. The van der Waals surface area contributed by atoms with Crippen LogP contribution in [0.15, 0.2) is 58.0 Å². The Morgan fingerprint density at radius 2 is 1.76 bits per heavy atom. The van der Waals surface area contributed by atoms with E-state index in [2.05, 4.69) is 46.5 Å². The average Bonchev–Trinajstić information content (AvgIpc) is 2.95. The summed E-state index contributed by atoms with van der Waals surface area (Å²) >= 11 is 15.5. The molecule has 0 saturated carbocycles. The Balaban J connectivity index is 1.81. The molecule has 0 unspecified atom stereocenters. The molecule has 0 radical (unpaired) electrons. The first-order chi connectivity index (χ1) is 13.5. The van der Waals surface area contributed by atoms with Crippen LogP contribution in [0.2, 0.25) is 10.0 Å². The Labute approximate surface area is 189 Å². The van der Waals surface area contributed by atoms with Crippen LogP contribution in [-0.4, -0.2) is 18.2 Å². The third-order valence-electron chi connectivity index (χ3n) is 4.33. The molecule has 0 amide bonds. The zero-order valence-electron chi connectivity index (χ0n) is 16.1. The van der Waals surface area contributed by atoms with Crippen molar-refractivity contribution in [1.82, 2.24) is 9.78 Å². The second kappa shape index (κ2) is 8.30. The second-order valence-electron chi connectivity index (χ2n) is 7.64. The van der Waals surface area contributed by atoms with Gasteiger partial charge in [0.05, 0.1) is 15.9 Å². The van der Waals surface area contributed by atoms with Crippen LogP contribution in [0.25, 0.3) is 0 Å². The summed E-state index contributed by atoms with van der Waals surface area (Å²) in [5.41, 5.74) is 1.82. The van der Waals surface area contributed by atoms with Gasteiger partial charge in [0.25, 0.3) is 10.0 Å². The molecule has 0 spiro atoms. The lowest BCUT2D eigenvalue weighted by molar-refractivity contribution is 0.587. The monoisotopic (exact) mass is 515 g/mol. The zero-order valence-corrected chi connectivity index (χ0v) is 20.0. The highest BCUT2D eigenvalue weighted by Gasteiger charge is 2.20. The first kappa shape index (κ1) is 22.2. The van der Waals surface area contributed by atoms with Crippen LogP contribution in [0.3, 0.4) is 0 Å². The lowest BCUT2D eigenvalue weighted by Crippen LogP contribution is -2.15. The predicted molar refractivity (Wildman–Crippen MR) is 121 cm³/mol. The first-order valence-corrected chi connectivity index (χ1v) is 11.8. The van der Waals surface area contributed by atoms with Gasteiger partial charge in [-0.15, -0.1) is 0 Å². The minimum absolute atomic E-state index is 0.0551. The maximum atomic E-state index is 12.8. The fourth-order valence-electron chi connectivity index (χ4n) is 2.69. The highest BCUT2D eigenvalue weighted by Crippen LogP contribution is 2.27. The van der Waals surface area contributed by atoms with Crippen LogP contribution < -0.4 is 4.72 Å². The maximum absolute atomic E-state index is 12.8. The number of hydrogen-bond acceptors (Lipinski definition) is 3. The number of anilines is 1. The number of aromatic nitrogens is 2. The summed E-state index contributed by atoms with van der Waals surface area (Å²) in [5, 5.41) is 5.39. The van der Waals surface area contributed by atoms with Gasteiger partial charge in [-0.05, 0) is 56.7 Å². The van der Waals surface area contributed by atoms with E-state index in [4.69, 9.17) is 23.2 Å². The quantitative estimate of drug-likeness (QED) is 0.445. The summed E-state index contributed by atoms with van der Waals surface area (Å²) in [7, 11) is -3.77. The van der Waals surface area contributed by atoms with Crippen molar-refractivity contribution in [3.63, 3.8) is 0 Å². The molecule has 0 aliphatic carbocycles. The Morgan fingerprint density at radius 3 is 2.34 bits per heavy atom. The van der Waals surface area contributed by atoms with Crippen molar-refractivity contribution >= 4 is 55.0 Å². The van der Waals surface area contributed by atoms with E-state index < -0.39 is 10.0 Å². The van der Waals surface area contributed by atoms with E-state index in [9.17, 15) is 8.42 Å². The summed E-state index contributed by atoms with van der Waals surface area (Å²) in [4.78, 5) is 0.174. The topological polar surface area (TPSA) is 64.0 Å². The van der Waals surface area contributed by atoms with Crippen molar-refractivity contribution in [3.05, 3.63) is 74.3 Å². The van der Waals surface area contributed by atoms with Gasteiger partial charge in [0.2, 0.25) is 0 Å². The largest absolute Gasteiger partial charge is 0.265 e. The van der Waals surface area contributed by atoms with E-state index in [0.29, 0.717) is 21.1 Å². The van der Waals surface area contributed by atoms with Gasteiger partial charge >= 0.3 is 0 Å². The molecule has 1 N–H and O–H groups in total. The van der Waals surface area contributed by atoms with E-state index in [1.54, 1.807) is 41.2 Å². The molecule has 5 nitrogen and oxygen atoms in total. The second-order valence-corrected chi connectivity index (χ2v) is 11.0. The van der Waals surface area contributed by atoms with E-state index in [-0.39, 0.29) is 16.1 Å². The summed E-state index contributed by atoms with van der Waals surface area (Å²) in [6.07, 6.45) is 1.69. The number of nitrogens with zero attached hydrogens (tertiary/aromatic N) is 2. The van der Waals surface area contributed by atoms with Gasteiger partial charge in [-0.3, -0.25) is 9.40 Å². The van der Waals surface area contributed by atoms with Crippen molar-refractivity contribution in [2.75, 3.05) is 4.72 Å². The van der Waals surface area contributed by atoms with Gasteiger partial charge in [-0.25, -0.2) is 8.42 Å². The Hall–Kier alpha value is -1.54. The van der Waals surface area contributed by atoms with Crippen LogP contribution in [0.5, 0.6) is 0 Å². The van der Waals surface area contributed by atoms with E-state index in [1.165, 1.54) is 0 Å². The zero-order chi connectivity index (χ0) is 21.4. The van der Waals surface area contributed by atoms with E-state index in [0.717, 1.165) is 11.1 Å². The summed E-state index contributed by atoms with van der Waals surface area (Å²) in [6, 6.07) is 12.0. The summed E-state index contributed by atoms with van der Waals surface area (Å²) < 4.78 is 30.2. The molecule has 0 fully saturated rings. The van der Waals surface area contributed by atoms with Crippen LogP contribution in [-0.2, 0) is 22.0 Å². The van der Waals surface area contributed by atoms with Crippen LogP contribution in [0.4, 0.5) is 5.82 Å². The molecule has 0 saturated heterocycles. The number of rotatable bonds is 5.